The summed E-state index contributed by atoms with van der Waals surface area (Å²) in [6.45, 7) is 2.43. The zero-order valence-electron chi connectivity index (χ0n) is 10.4. The van der Waals surface area contributed by atoms with Gasteiger partial charge in [-0.15, -0.1) is 0 Å². The van der Waals surface area contributed by atoms with Crippen molar-refractivity contribution in [3.63, 3.8) is 0 Å². The third-order valence-corrected chi connectivity index (χ3v) is 3.00. The maximum atomic E-state index is 9.87. The van der Waals surface area contributed by atoms with Crippen molar-refractivity contribution < 1.29 is 14.6 Å². The van der Waals surface area contributed by atoms with Gasteiger partial charge < -0.3 is 24.5 Å². The van der Waals surface area contributed by atoms with E-state index in [9.17, 15) is 5.11 Å². The third-order valence-electron chi connectivity index (χ3n) is 3.00. The van der Waals surface area contributed by atoms with Crippen LogP contribution >= 0.6 is 0 Å². The Morgan fingerprint density at radius 3 is 2.95 bits per heavy atom. The number of ether oxygens (including phenoxy) is 2. The molecule has 1 aromatic carbocycles. The van der Waals surface area contributed by atoms with Crippen LogP contribution in [0.3, 0.4) is 0 Å². The quantitative estimate of drug-likeness (QED) is 0.789. The first-order chi connectivity index (χ1) is 9.33. The minimum atomic E-state index is 0.215. The second-order valence-electron chi connectivity index (χ2n) is 4.31. The number of rotatable bonds is 5. The lowest BCUT2D eigenvalue weighted by atomic mass is 10.1. The number of hydrogen-bond acceptors (Lipinski definition) is 5. The Bertz CT molecular complexity index is 555. The molecule has 0 saturated heterocycles. The fraction of sp³-hybridized carbons (Fsp3) is 0.308. The number of imidazole rings is 1. The van der Waals surface area contributed by atoms with Gasteiger partial charge in [-0.3, -0.25) is 0 Å². The Morgan fingerprint density at radius 1 is 1.32 bits per heavy atom. The van der Waals surface area contributed by atoms with E-state index in [1.165, 1.54) is 0 Å². The van der Waals surface area contributed by atoms with Gasteiger partial charge in [-0.2, -0.15) is 0 Å². The van der Waals surface area contributed by atoms with Gasteiger partial charge in [-0.25, -0.2) is 4.98 Å². The highest BCUT2D eigenvalue weighted by molar-refractivity contribution is 5.51. The first kappa shape index (κ1) is 11.9. The van der Waals surface area contributed by atoms with Crippen molar-refractivity contribution in [3.05, 3.63) is 36.4 Å². The molecule has 6 nitrogen and oxygen atoms in total. The van der Waals surface area contributed by atoms with Crippen molar-refractivity contribution in [1.82, 2.24) is 14.9 Å². The maximum absolute atomic E-state index is 9.87. The van der Waals surface area contributed by atoms with E-state index in [0.29, 0.717) is 18.0 Å². The lowest BCUT2D eigenvalue weighted by Crippen LogP contribution is -2.19. The monoisotopic (exact) mass is 261 g/mol. The van der Waals surface area contributed by atoms with Gasteiger partial charge in [-0.05, 0) is 6.07 Å². The molecule has 0 atom stereocenters. The molecule has 19 heavy (non-hydrogen) atoms. The van der Waals surface area contributed by atoms with Crippen LogP contribution in [0.15, 0.2) is 30.9 Å². The van der Waals surface area contributed by atoms with Crippen LogP contribution in [0, 0.1) is 0 Å². The summed E-state index contributed by atoms with van der Waals surface area (Å²) in [6, 6.07) is 3.40. The average molecular weight is 261 g/mol. The zero-order chi connectivity index (χ0) is 13.1. The number of nitrogens with zero attached hydrogens (tertiary/aromatic N) is 2. The molecular formula is C13H15N3O3. The molecule has 0 radical (unpaired) electrons. The smallest absolute Gasteiger partial charge is 0.231 e. The second-order valence-corrected chi connectivity index (χ2v) is 4.31. The van der Waals surface area contributed by atoms with Gasteiger partial charge in [0.25, 0.3) is 0 Å². The fourth-order valence-corrected chi connectivity index (χ4v) is 1.97. The molecular weight excluding hydrogens is 246 g/mol. The molecule has 0 bridgehead atoms. The van der Waals surface area contributed by atoms with E-state index in [4.69, 9.17) is 9.47 Å². The van der Waals surface area contributed by atoms with Crippen molar-refractivity contribution in [2.45, 2.75) is 13.1 Å². The molecule has 2 aromatic rings. The Balaban J connectivity index is 1.55. The molecule has 0 aliphatic carbocycles. The van der Waals surface area contributed by atoms with Gasteiger partial charge >= 0.3 is 0 Å². The zero-order valence-corrected chi connectivity index (χ0v) is 10.4. The van der Waals surface area contributed by atoms with Crippen LogP contribution in [0.25, 0.3) is 0 Å². The number of phenolic OH excluding ortho intramolecular Hbond substituents is 1. The molecule has 0 saturated carbocycles. The lowest BCUT2D eigenvalue weighted by Gasteiger charge is -2.08. The van der Waals surface area contributed by atoms with E-state index < -0.39 is 0 Å². The van der Waals surface area contributed by atoms with Crippen LogP contribution in [0.5, 0.6) is 17.2 Å². The van der Waals surface area contributed by atoms with Crippen LogP contribution in [-0.4, -0.2) is 28.0 Å². The van der Waals surface area contributed by atoms with Gasteiger partial charge in [0.05, 0.1) is 6.33 Å². The van der Waals surface area contributed by atoms with Gasteiger partial charge in [0.1, 0.15) is 5.75 Å². The molecule has 1 aliphatic rings. The average Bonchev–Trinajstić information content (AvgIpc) is 3.05. The molecule has 0 amide bonds. The minimum absolute atomic E-state index is 0.215. The molecule has 1 aromatic heterocycles. The summed E-state index contributed by atoms with van der Waals surface area (Å²) in [7, 11) is 0. The SMILES string of the molecule is Oc1cc2c(cc1CNCCn1ccnc1)OCO2. The molecule has 0 spiro atoms. The third kappa shape index (κ3) is 2.63. The van der Waals surface area contributed by atoms with Crippen LogP contribution in [0.4, 0.5) is 0 Å². The number of aromatic nitrogens is 2. The van der Waals surface area contributed by atoms with Gasteiger partial charge in [0, 0.05) is 43.7 Å². The molecule has 3 rings (SSSR count). The van der Waals surface area contributed by atoms with E-state index in [1.807, 2.05) is 16.8 Å². The predicted molar refractivity (Wildman–Crippen MR) is 68.2 cm³/mol. The van der Waals surface area contributed by atoms with Crippen molar-refractivity contribution in [2.75, 3.05) is 13.3 Å². The number of fused-ring (bicyclic) bond motifs is 1. The fourth-order valence-electron chi connectivity index (χ4n) is 1.97. The standard InChI is InChI=1S/C13H15N3O3/c17-11-6-13-12(18-9-19-13)5-10(11)7-14-1-3-16-4-2-15-8-16/h2,4-6,8,14,17H,1,3,7,9H2. The van der Waals surface area contributed by atoms with Gasteiger partial charge in [0.15, 0.2) is 11.5 Å². The van der Waals surface area contributed by atoms with E-state index in [1.54, 1.807) is 18.6 Å². The van der Waals surface area contributed by atoms with Crippen molar-refractivity contribution in [1.29, 1.82) is 0 Å². The summed E-state index contributed by atoms with van der Waals surface area (Å²) in [5.74, 6) is 1.50. The summed E-state index contributed by atoms with van der Waals surface area (Å²) in [6.07, 6.45) is 5.45. The van der Waals surface area contributed by atoms with Crippen LogP contribution in [0.1, 0.15) is 5.56 Å². The largest absolute Gasteiger partial charge is 0.507 e. The summed E-state index contributed by atoms with van der Waals surface area (Å²) in [4.78, 5) is 3.98. The molecule has 6 heteroatoms. The molecule has 0 fully saturated rings. The van der Waals surface area contributed by atoms with Gasteiger partial charge in [0.2, 0.25) is 6.79 Å². The maximum Gasteiger partial charge on any atom is 0.231 e. The Labute approximate surface area is 110 Å². The molecule has 1 aliphatic heterocycles. The number of hydrogen-bond donors (Lipinski definition) is 2. The van der Waals surface area contributed by atoms with Crippen molar-refractivity contribution in [2.24, 2.45) is 0 Å². The first-order valence-corrected chi connectivity index (χ1v) is 6.11. The Hall–Kier alpha value is -2.21. The number of benzene rings is 1. The Morgan fingerprint density at radius 2 is 2.16 bits per heavy atom. The van der Waals surface area contributed by atoms with E-state index in [0.717, 1.165) is 18.7 Å². The number of nitrogens with one attached hydrogen (secondary N) is 1. The number of aromatic hydroxyl groups is 1. The van der Waals surface area contributed by atoms with Crippen LogP contribution < -0.4 is 14.8 Å². The summed E-state index contributed by atoms with van der Waals surface area (Å²) >= 11 is 0. The highest BCUT2D eigenvalue weighted by Crippen LogP contribution is 2.37. The summed E-state index contributed by atoms with van der Waals surface area (Å²) in [5.41, 5.74) is 0.801. The molecule has 2 N–H and O–H groups in total. The highest BCUT2D eigenvalue weighted by Gasteiger charge is 2.16. The minimum Gasteiger partial charge on any atom is -0.507 e. The topological polar surface area (TPSA) is 68.5 Å². The molecule has 0 unspecified atom stereocenters. The Kier molecular flexibility index (Phi) is 3.24. The van der Waals surface area contributed by atoms with Crippen LogP contribution in [0.2, 0.25) is 0 Å². The normalized spacial score (nSPS) is 12.8. The predicted octanol–water partition coefficient (Wildman–Crippen LogP) is 1.11. The molecule has 2 heterocycles. The summed E-state index contributed by atoms with van der Waals surface area (Å²) < 4.78 is 12.5. The summed E-state index contributed by atoms with van der Waals surface area (Å²) in [5, 5.41) is 13.1. The van der Waals surface area contributed by atoms with Gasteiger partial charge in [-0.1, -0.05) is 0 Å². The molecule has 100 valence electrons. The second kappa shape index (κ2) is 5.19. The number of phenols is 1. The van der Waals surface area contributed by atoms with Crippen molar-refractivity contribution in [3.8, 4) is 17.2 Å². The van der Waals surface area contributed by atoms with Crippen molar-refractivity contribution >= 4 is 0 Å². The van der Waals surface area contributed by atoms with E-state index in [-0.39, 0.29) is 12.5 Å². The van der Waals surface area contributed by atoms with E-state index >= 15 is 0 Å². The lowest BCUT2D eigenvalue weighted by molar-refractivity contribution is 0.174. The van der Waals surface area contributed by atoms with Crippen LogP contribution in [-0.2, 0) is 13.1 Å². The highest BCUT2D eigenvalue weighted by atomic mass is 16.7. The first-order valence-electron chi connectivity index (χ1n) is 6.11. The van der Waals surface area contributed by atoms with E-state index in [2.05, 4.69) is 10.3 Å².